The van der Waals surface area contributed by atoms with Crippen molar-refractivity contribution in [1.29, 1.82) is 0 Å². The van der Waals surface area contributed by atoms with Gasteiger partial charge in [0.05, 0.1) is 5.02 Å². The quantitative estimate of drug-likeness (QED) is 0.901. The number of nitrogens with zero attached hydrogens (tertiary/aromatic N) is 1. The molecule has 2 rings (SSSR count). The van der Waals surface area contributed by atoms with E-state index >= 15 is 0 Å². The number of aromatic nitrogens is 1. The number of anilines is 1. The van der Waals surface area contributed by atoms with Crippen LogP contribution >= 0.6 is 11.6 Å². The van der Waals surface area contributed by atoms with Gasteiger partial charge in [0.1, 0.15) is 5.82 Å². The van der Waals surface area contributed by atoms with E-state index in [0.29, 0.717) is 22.9 Å². The van der Waals surface area contributed by atoms with E-state index in [0.717, 1.165) is 12.0 Å². The van der Waals surface area contributed by atoms with Crippen molar-refractivity contribution in [3.05, 3.63) is 58.7 Å². The molecule has 4 nitrogen and oxygen atoms in total. The van der Waals surface area contributed by atoms with E-state index in [2.05, 4.69) is 10.3 Å². The van der Waals surface area contributed by atoms with E-state index < -0.39 is 0 Å². The van der Waals surface area contributed by atoms with Gasteiger partial charge < -0.3 is 11.1 Å². The van der Waals surface area contributed by atoms with Gasteiger partial charge in [0.25, 0.3) is 5.91 Å². The van der Waals surface area contributed by atoms with Gasteiger partial charge in [-0.2, -0.15) is 0 Å². The molecule has 5 heteroatoms. The highest BCUT2D eigenvalue weighted by Gasteiger charge is 2.06. The second kappa shape index (κ2) is 6.31. The van der Waals surface area contributed by atoms with Crippen molar-refractivity contribution in [1.82, 2.24) is 4.98 Å². The van der Waals surface area contributed by atoms with E-state index in [4.69, 9.17) is 17.3 Å². The zero-order chi connectivity index (χ0) is 13.7. The predicted molar refractivity (Wildman–Crippen MR) is 76.4 cm³/mol. The van der Waals surface area contributed by atoms with Crippen LogP contribution in [-0.4, -0.2) is 17.4 Å². The monoisotopic (exact) mass is 275 g/mol. The van der Waals surface area contributed by atoms with E-state index in [1.54, 1.807) is 24.3 Å². The van der Waals surface area contributed by atoms with Crippen LogP contribution in [0.25, 0.3) is 0 Å². The van der Waals surface area contributed by atoms with Crippen molar-refractivity contribution in [2.24, 2.45) is 5.73 Å². The first-order chi connectivity index (χ1) is 9.19. The number of pyridine rings is 1. The van der Waals surface area contributed by atoms with E-state index in [-0.39, 0.29) is 5.91 Å². The molecule has 1 aromatic carbocycles. The lowest BCUT2D eigenvalue weighted by molar-refractivity contribution is 0.102. The van der Waals surface area contributed by atoms with Crippen LogP contribution in [0.1, 0.15) is 15.9 Å². The van der Waals surface area contributed by atoms with E-state index in [9.17, 15) is 4.79 Å². The number of nitrogens with two attached hydrogens (primary N) is 1. The summed E-state index contributed by atoms with van der Waals surface area (Å²) in [5, 5.41) is 3.24. The van der Waals surface area contributed by atoms with Crippen LogP contribution in [0, 0.1) is 0 Å². The molecule has 0 bridgehead atoms. The highest BCUT2D eigenvalue weighted by atomic mass is 35.5. The van der Waals surface area contributed by atoms with Gasteiger partial charge in [0, 0.05) is 11.8 Å². The summed E-state index contributed by atoms with van der Waals surface area (Å²) in [5.41, 5.74) is 7.17. The first-order valence-corrected chi connectivity index (χ1v) is 6.29. The lowest BCUT2D eigenvalue weighted by Gasteiger charge is -2.05. The van der Waals surface area contributed by atoms with Crippen molar-refractivity contribution >= 4 is 23.3 Å². The van der Waals surface area contributed by atoms with Crippen molar-refractivity contribution in [2.75, 3.05) is 11.9 Å². The number of benzene rings is 1. The Kier molecular flexibility index (Phi) is 4.49. The fourth-order valence-electron chi connectivity index (χ4n) is 1.63. The fourth-order valence-corrected chi connectivity index (χ4v) is 1.74. The number of rotatable bonds is 4. The maximum absolute atomic E-state index is 12.0. The molecule has 0 saturated carbocycles. The molecule has 0 aliphatic heterocycles. The Morgan fingerprint density at radius 1 is 1.21 bits per heavy atom. The van der Waals surface area contributed by atoms with Gasteiger partial charge in [0.2, 0.25) is 0 Å². The summed E-state index contributed by atoms with van der Waals surface area (Å²) in [6, 6.07) is 10.7. The van der Waals surface area contributed by atoms with E-state index in [1.807, 2.05) is 12.1 Å². The topological polar surface area (TPSA) is 68.0 Å². The molecule has 98 valence electrons. The number of carbonyl (C=O) groups is 1. The van der Waals surface area contributed by atoms with Crippen LogP contribution in [0.15, 0.2) is 42.6 Å². The maximum Gasteiger partial charge on any atom is 0.256 e. The number of halogens is 1. The third-order valence-corrected chi connectivity index (χ3v) is 2.84. The van der Waals surface area contributed by atoms with Crippen molar-refractivity contribution in [3.63, 3.8) is 0 Å². The molecule has 0 fully saturated rings. The Morgan fingerprint density at radius 3 is 2.53 bits per heavy atom. The summed E-state index contributed by atoms with van der Waals surface area (Å²) in [4.78, 5) is 16.0. The fraction of sp³-hybridized carbons (Fsp3) is 0.143. The molecule has 2 aromatic rings. The number of nitrogens with one attached hydrogen (secondary N) is 1. The number of hydrogen-bond acceptors (Lipinski definition) is 3. The van der Waals surface area contributed by atoms with Gasteiger partial charge in [0.15, 0.2) is 0 Å². The van der Waals surface area contributed by atoms with Crippen molar-refractivity contribution in [3.8, 4) is 0 Å². The van der Waals surface area contributed by atoms with Gasteiger partial charge in [-0.15, -0.1) is 0 Å². The van der Waals surface area contributed by atoms with Crippen LogP contribution in [0.4, 0.5) is 5.82 Å². The molecular formula is C14H14ClN3O. The average Bonchev–Trinajstić information content (AvgIpc) is 2.42. The summed E-state index contributed by atoms with van der Waals surface area (Å²) in [5.74, 6) is 0.273. The van der Waals surface area contributed by atoms with Gasteiger partial charge in [-0.25, -0.2) is 4.98 Å². The minimum Gasteiger partial charge on any atom is -0.330 e. The number of carbonyl (C=O) groups excluding carboxylic acids is 1. The van der Waals surface area contributed by atoms with Gasteiger partial charge >= 0.3 is 0 Å². The standard InChI is InChI=1S/C14H14ClN3O/c15-12-5-6-13(17-9-12)18-14(19)11-3-1-10(2-4-11)7-8-16/h1-6,9H,7-8,16H2,(H,17,18,19). The summed E-state index contributed by atoms with van der Waals surface area (Å²) in [6.07, 6.45) is 2.29. The summed E-state index contributed by atoms with van der Waals surface area (Å²) in [7, 11) is 0. The second-order valence-electron chi connectivity index (χ2n) is 4.05. The molecule has 0 aliphatic rings. The molecule has 0 saturated heterocycles. The zero-order valence-electron chi connectivity index (χ0n) is 10.3. The Morgan fingerprint density at radius 2 is 1.95 bits per heavy atom. The third-order valence-electron chi connectivity index (χ3n) is 2.62. The molecule has 0 spiro atoms. The van der Waals surface area contributed by atoms with Crippen LogP contribution in [-0.2, 0) is 6.42 Å². The van der Waals surface area contributed by atoms with Crippen molar-refractivity contribution < 1.29 is 4.79 Å². The predicted octanol–water partition coefficient (Wildman–Crippen LogP) is 2.49. The summed E-state index contributed by atoms with van der Waals surface area (Å²) < 4.78 is 0. The minimum atomic E-state index is -0.200. The lowest BCUT2D eigenvalue weighted by Crippen LogP contribution is -2.13. The normalized spacial score (nSPS) is 10.2. The minimum absolute atomic E-state index is 0.200. The molecule has 0 atom stereocenters. The molecule has 1 heterocycles. The molecule has 0 aliphatic carbocycles. The van der Waals surface area contributed by atoms with Crippen molar-refractivity contribution in [2.45, 2.75) is 6.42 Å². The van der Waals surface area contributed by atoms with Gasteiger partial charge in [-0.1, -0.05) is 23.7 Å². The number of amides is 1. The zero-order valence-corrected chi connectivity index (χ0v) is 11.0. The van der Waals surface area contributed by atoms with Gasteiger partial charge in [-0.05, 0) is 42.8 Å². The largest absolute Gasteiger partial charge is 0.330 e. The molecular weight excluding hydrogens is 262 g/mol. The van der Waals surface area contributed by atoms with Crippen LogP contribution < -0.4 is 11.1 Å². The van der Waals surface area contributed by atoms with E-state index in [1.165, 1.54) is 6.20 Å². The SMILES string of the molecule is NCCc1ccc(C(=O)Nc2ccc(Cl)cn2)cc1. The number of hydrogen-bond donors (Lipinski definition) is 2. The average molecular weight is 276 g/mol. The maximum atomic E-state index is 12.0. The lowest BCUT2D eigenvalue weighted by atomic mass is 10.1. The third kappa shape index (κ3) is 3.77. The Bertz CT molecular complexity index is 552. The molecule has 19 heavy (non-hydrogen) atoms. The second-order valence-corrected chi connectivity index (χ2v) is 4.49. The smallest absolute Gasteiger partial charge is 0.256 e. The Labute approximate surface area is 116 Å². The highest BCUT2D eigenvalue weighted by molar-refractivity contribution is 6.30. The molecule has 0 radical (unpaired) electrons. The van der Waals surface area contributed by atoms with Crippen LogP contribution in [0.5, 0.6) is 0 Å². The van der Waals surface area contributed by atoms with Crippen LogP contribution in [0.2, 0.25) is 5.02 Å². The highest BCUT2D eigenvalue weighted by Crippen LogP contribution is 2.11. The Balaban J connectivity index is 2.05. The Hall–Kier alpha value is -1.91. The first kappa shape index (κ1) is 13.5. The first-order valence-electron chi connectivity index (χ1n) is 5.91. The molecule has 0 unspecified atom stereocenters. The van der Waals surface area contributed by atoms with Crippen LogP contribution in [0.3, 0.4) is 0 Å². The molecule has 3 N–H and O–H groups in total. The molecule has 1 aromatic heterocycles. The summed E-state index contributed by atoms with van der Waals surface area (Å²) >= 11 is 5.73. The molecule has 1 amide bonds. The summed E-state index contributed by atoms with van der Waals surface area (Å²) in [6.45, 7) is 0.597. The van der Waals surface area contributed by atoms with Gasteiger partial charge in [-0.3, -0.25) is 4.79 Å².